The van der Waals surface area contributed by atoms with E-state index in [1.165, 1.54) is 0 Å². The van der Waals surface area contributed by atoms with E-state index in [9.17, 15) is 0 Å². The van der Waals surface area contributed by atoms with E-state index in [1.54, 1.807) is 16.0 Å². The van der Waals surface area contributed by atoms with Crippen LogP contribution in [0.25, 0.3) is 33.2 Å². The molecule has 1 aromatic carbocycles. The van der Waals surface area contributed by atoms with Crippen LogP contribution in [-0.2, 0) is 7.05 Å². The van der Waals surface area contributed by atoms with E-state index in [4.69, 9.17) is 4.52 Å². The maximum absolute atomic E-state index is 5.29. The fourth-order valence-corrected chi connectivity index (χ4v) is 2.67. The highest BCUT2D eigenvalue weighted by atomic mass is 32.1. The third-order valence-electron chi connectivity index (χ3n) is 3.03. The first kappa shape index (κ1) is 11.3. The summed E-state index contributed by atoms with van der Waals surface area (Å²) in [4.78, 5) is 5.38. The first-order chi connectivity index (χ1) is 9.81. The van der Waals surface area contributed by atoms with Crippen molar-refractivity contribution >= 4 is 22.4 Å². The summed E-state index contributed by atoms with van der Waals surface area (Å²) in [7, 11) is 1.86. The Kier molecular flexibility index (Phi) is 2.40. The van der Waals surface area contributed by atoms with Crippen LogP contribution >= 0.6 is 11.3 Å². The lowest BCUT2D eigenvalue weighted by atomic mass is 10.2. The maximum atomic E-state index is 5.29. The molecule has 0 amide bonds. The van der Waals surface area contributed by atoms with Crippen LogP contribution in [0, 0.1) is 0 Å². The van der Waals surface area contributed by atoms with Gasteiger partial charge in [0.1, 0.15) is 5.52 Å². The van der Waals surface area contributed by atoms with E-state index in [2.05, 4.69) is 20.5 Å². The summed E-state index contributed by atoms with van der Waals surface area (Å²) < 4.78 is 7.02. The van der Waals surface area contributed by atoms with Crippen molar-refractivity contribution in [1.29, 1.82) is 0 Å². The van der Waals surface area contributed by atoms with Gasteiger partial charge in [0.2, 0.25) is 5.82 Å². The van der Waals surface area contributed by atoms with Crippen LogP contribution in [0.4, 0.5) is 0 Å². The summed E-state index contributed by atoms with van der Waals surface area (Å²) in [6, 6.07) is 9.70. The Morgan fingerprint density at radius 1 is 1.25 bits per heavy atom. The minimum absolute atomic E-state index is 0.536. The molecule has 4 rings (SSSR count). The second kappa shape index (κ2) is 4.24. The van der Waals surface area contributed by atoms with E-state index in [1.807, 2.05) is 42.8 Å². The minimum Gasteiger partial charge on any atom is -0.333 e. The molecule has 3 heterocycles. The van der Waals surface area contributed by atoms with Crippen molar-refractivity contribution < 1.29 is 4.52 Å². The van der Waals surface area contributed by atoms with Crippen LogP contribution in [0.15, 0.2) is 40.2 Å². The Labute approximate surface area is 117 Å². The van der Waals surface area contributed by atoms with Gasteiger partial charge >= 0.3 is 0 Å². The number of nitrogens with zero attached hydrogens (tertiary/aromatic N) is 5. The smallest absolute Gasteiger partial charge is 0.268 e. The molecule has 98 valence electrons. The molecule has 0 radical (unpaired) electrons. The van der Waals surface area contributed by atoms with Crippen molar-refractivity contribution in [3.05, 3.63) is 35.7 Å². The van der Waals surface area contributed by atoms with Gasteiger partial charge in [-0.2, -0.15) is 4.98 Å². The molecule has 0 unspecified atom stereocenters. The van der Waals surface area contributed by atoms with Crippen molar-refractivity contribution in [2.45, 2.75) is 0 Å². The molecule has 6 nitrogen and oxygen atoms in total. The molecule has 0 saturated carbocycles. The Hall–Kier alpha value is -2.54. The van der Waals surface area contributed by atoms with Crippen molar-refractivity contribution in [1.82, 2.24) is 25.1 Å². The fraction of sp³-hybridized carbons (Fsp3) is 0.0769. The molecule has 0 N–H and O–H groups in total. The maximum Gasteiger partial charge on any atom is 0.268 e. The monoisotopic (exact) mass is 283 g/mol. The number of benzene rings is 1. The lowest BCUT2D eigenvalue weighted by Crippen LogP contribution is -1.89. The van der Waals surface area contributed by atoms with Crippen LogP contribution < -0.4 is 0 Å². The zero-order chi connectivity index (χ0) is 13.5. The zero-order valence-corrected chi connectivity index (χ0v) is 11.3. The number of rotatable bonds is 2. The molecule has 0 atom stereocenters. The minimum atomic E-state index is 0.536. The fourth-order valence-electron chi connectivity index (χ4n) is 2.02. The lowest BCUT2D eigenvalue weighted by Gasteiger charge is -1.94. The van der Waals surface area contributed by atoms with Gasteiger partial charge < -0.3 is 4.52 Å². The van der Waals surface area contributed by atoms with Gasteiger partial charge in [0.05, 0.1) is 10.4 Å². The summed E-state index contributed by atoms with van der Waals surface area (Å²) in [6.07, 6.45) is 0. The van der Waals surface area contributed by atoms with E-state index >= 15 is 0 Å². The highest BCUT2D eigenvalue weighted by molar-refractivity contribution is 7.13. The molecule has 20 heavy (non-hydrogen) atoms. The second-order valence-corrected chi connectivity index (χ2v) is 5.26. The van der Waals surface area contributed by atoms with Crippen molar-refractivity contribution in [3.8, 4) is 22.2 Å². The number of hydrogen-bond acceptors (Lipinski definition) is 6. The van der Waals surface area contributed by atoms with E-state index in [-0.39, 0.29) is 0 Å². The summed E-state index contributed by atoms with van der Waals surface area (Å²) in [6.45, 7) is 0. The normalized spacial score (nSPS) is 11.2. The highest BCUT2D eigenvalue weighted by Crippen LogP contribution is 2.26. The van der Waals surface area contributed by atoms with Crippen LogP contribution in [0.3, 0.4) is 0 Å². The van der Waals surface area contributed by atoms with Gasteiger partial charge in [0.15, 0.2) is 0 Å². The van der Waals surface area contributed by atoms with Crippen LogP contribution in [0.1, 0.15) is 0 Å². The largest absolute Gasteiger partial charge is 0.333 e. The summed E-state index contributed by atoms with van der Waals surface area (Å²) in [5.41, 5.74) is 2.65. The first-order valence-electron chi connectivity index (χ1n) is 5.99. The molecule has 0 aliphatic heterocycles. The number of thiophene rings is 1. The van der Waals surface area contributed by atoms with Crippen LogP contribution in [0.5, 0.6) is 0 Å². The number of fused-ring (bicyclic) bond motifs is 1. The van der Waals surface area contributed by atoms with Crippen molar-refractivity contribution in [2.24, 2.45) is 7.05 Å². The second-order valence-electron chi connectivity index (χ2n) is 4.32. The van der Waals surface area contributed by atoms with Crippen molar-refractivity contribution in [3.63, 3.8) is 0 Å². The molecular weight excluding hydrogens is 274 g/mol. The van der Waals surface area contributed by atoms with E-state index < -0.39 is 0 Å². The van der Waals surface area contributed by atoms with Gasteiger partial charge in [-0.05, 0) is 29.6 Å². The van der Waals surface area contributed by atoms with Gasteiger partial charge in [-0.3, -0.25) is 0 Å². The van der Waals surface area contributed by atoms with Crippen LogP contribution in [0.2, 0.25) is 0 Å². The number of aryl methyl sites for hydroxylation is 1. The number of hydrogen-bond donors (Lipinski definition) is 0. The Morgan fingerprint density at radius 3 is 3.05 bits per heavy atom. The van der Waals surface area contributed by atoms with E-state index in [0.717, 1.165) is 21.5 Å². The third-order valence-corrected chi connectivity index (χ3v) is 3.88. The molecule has 0 saturated heterocycles. The Balaban J connectivity index is 1.79. The zero-order valence-electron chi connectivity index (χ0n) is 10.5. The average molecular weight is 283 g/mol. The summed E-state index contributed by atoms with van der Waals surface area (Å²) >= 11 is 1.57. The van der Waals surface area contributed by atoms with E-state index in [0.29, 0.717) is 11.7 Å². The average Bonchev–Trinajstić information content (AvgIpc) is 3.18. The molecular formula is C13H9N5OS. The van der Waals surface area contributed by atoms with Gasteiger partial charge in [-0.15, -0.1) is 16.4 Å². The Bertz CT molecular complexity index is 877. The molecule has 0 fully saturated rings. The first-order valence-corrected chi connectivity index (χ1v) is 6.86. The molecule has 0 aliphatic rings. The summed E-state index contributed by atoms with van der Waals surface area (Å²) in [5, 5.41) is 14.1. The predicted molar refractivity (Wildman–Crippen MR) is 75.1 cm³/mol. The molecule has 7 heteroatoms. The topological polar surface area (TPSA) is 69.6 Å². The predicted octanol–water partition coefficient (Wildman–Crippen LogP) is 2.75. The standard InChI is InChI=1S/C13H9N5OS/c1-18-10-5-4-8(7-9(10)15-17-18)12-14-13(19-16-12)11-3-2-6-20-11/h2-7H,1H3. The Morgan fingerprint density at radius 2 is 2.20 bits per heavy atom. The SMILES string of the molecule is Cn1nnc2cc(-c3noc(-c4cccs4)n3)ccc21. The number of aromatic nitrogens is 5. The quantitative estimate of drug-likeness (QED) is 0.565. The lowest BCUT2D eigenvalue weighted by molar-refractivity contribution is 0.433. The molecule has 0 bridgehead atoms. The van der Waals surface area contributed by atoms with Crippen LogP contribution in [-0.4, -0.2) is 25.1 Å². The molecule has 0 aliphatic carbocycles. The van der Waals surface area contributed by atoms with Gasteiger partial charge in [0, 0.05) is 12.6 Å². The molecule has 4 aromatic rings. The van der Waals surface area contributed by atoms with Gasteiger partial charge in [-0.1, -0.05) is 16.4 Å². The van der Waals surface area contributed by atoms with Gasteiger partial charge in [0.25, 0.3) is 5.89 Å². The third kappa shape index (κ3) is 1.71. The summed E-state index contributed by atoms with van der Waals surface area (Å²) in [5.74, 6) is 1.09. The molecule has 3 aromatic heterocycles. The highest BCUT2D eigenvalue weighted by Gasteiger charge is 2.12. The van der Waals surface area contributed by atoms with Gasteiger partial charge in [-0.25, -0.2) is 4.68 Å². The van der Waals surface area contributed by atoms with Crippen molar-refractivity contribution in [2.75, 3.05) is 0 Å². The molecule has 0 spiro atoms.